The zero-order chi connectivity index (χ0) is 3.91. The standard InChI is InChI=1S/CH4N2OS/c2-1(3)4-5-1/h2-3H2. The monoisotopic (exact) mass is 92.0 g/mol. The first-order valence-electron chi connectivity index (χ1n) is 1.15. The number of nitrogens with two attached hydrogens (primary N) is 2. The molecule has 4 N–H and O–H groups in total. The number of rotatable bonds is 0. The minimum absolute atomic E-state index is 0.833. The van der Waals surface area contributed by atoms with Crippen molar-refractivity contribution in [2.75, 3.05) is 0 Å². The summed E-state index contributed by atoms with van der Waals surface area (Å²) in [6, 6.07) is 0. The van der Waals surface area contributed by atoms with E-state index in [1.807, 2.05) is 0 Å². The van der Waals surface area contributed by atoms with Crippen LogP contribution in [0.4, 0.5) is 0 Å². The Labute approximate surface area is 33.9 Å². The van der Waals surface area contributed by atoms with Crippen molar-refractivity contribution in [1.29, 1.82) is 0 Å². The van der Waals surface area contributed by atoms with Gasteiger partial charge in [0.25, 0.3) is 5.18 Å². The van der Waals surface area contributed by atoms with Gasteiger partial charge >= 0.3 is 0 Å². The van der Waals surface area contributed by atoms with E-state index >= 15 is 0 Å². The van der Waals surface area contributed by atoms with Crippen LogP contribution in [0.25, 0.3) is 0 Å². The first-order chi connectivity index (χ1) is 2.21. The largest absolute Gasteiger partial charge is 0.279 e. The fourth-order valence-corrected chi connectivity index (χ4v) is 0.144. The lowest BCUT2D eigenvalue weighted by Gasteiger charge is -1.80. The lowest BCUT2D eigenvalue weighted by Crippen LogP contribution is -2.31. The number of hydrogen-bond donors (Lipinski definition) is 2. The highest BCUT2D eigenvalue weighted by Crippen LogP contribution is 2.35. The second kappa shape index (κ2) is 0.652. The summed E-state index contributed by atoms with van der Waals surface area (Å²) < 4.78 is 4.37. The van der Waals surface area contributed by atoms with Gasteiger partial charge in [-0.25, -0.2) is 0 Å². The Kier molecular flexibility index (Phi) is 0.446. The van der Waals surface area contributed by atoms with Crippen molar-refractivity contribution in [3.8, 4) is 0 Å². The average Bonchev–Trinajstić information content (AvgIpc) is 1.76. The fourth-order valence-electron chi connectivity index (χ4n) is 0.0481. The van der Waals surface area contributed by atoms with Crippen LogP contribution in [0.5, 0.6) is 0 Å². The van der Waals surface area contributed by atoms with Gasteiger partial charge in [0.05, 0.1) is 12.0 Å². The van der Waals surface area contributed by atoms with Crippen molar-refractivity contribution in [3.63, 3.8) is 0 Å². The lowest BCUT2D eigenvalue weighted by molar-refractivity contribution is 0.338. The molecular weight excluding hydrogens is 88.1 g/mol. The second-order valence-corrected chi connectivity index (χ2v) is 1.86. The molecule has 5 heavy (non-hydrogen) atoms. The van der Waals surface area contributed by atoms with E-state index in [1.165, 1.54) is 0 Å². The normalized spacial score (nSPS) is 30.0. The van der Waals surface area contributed by atoms with Gasteiger partial charge in [-0.05, 0) is 0 Å². The van der Waals surface area contributed by atoms with Gasteiger partial charge in [0, 0.05) is 0 Å². The molecule has 0 aromatic carbocycles. The van der Waals surface area contributed by atoms with Crippen LogP contribution >= 0.6 is 12.0 Å². The van der Waals surface area contributed by atoms with Crippen LogP contribution in [-0.4, -0.2) is 5.18 Å². The van der Waals surface area contributed by atoms with Gasteiger partial charge in [-0.2, -0.15) is 0 Å². The third kappa shape index (κ3) is 0.769. The predicted octanol–water partition coefficient (Wildman–Crippen LogP) is -0.807. The van der Waals surface area contributed by atoms with E-state index < -0.39 is 5.18 Å². The summed E-state index contributed by atoms with van der Waals surface area (Å²) in [7, 11) is 0. The molecule has 0 atom stereocenters. The van der Waals surface area contributed by atoms with E-state index in [4.69, 9.17) is 11.5 Å². The van der Waals surface area contributed by atoms with Gasteiger partial charge < -0.3 is 0 Å². The molecule has 0 saturated carbocycles. The molecule has 0 aromatic heterocycles. The molecule has 0 amide bonds. The van der Waals surface area contributed by atoms with Crippen molar-refractivity contribution in [2.45, 2.75) is 5.18 Å². The Morgan fingerprint density at radius 1 is 1.60 bits per heavy atom. The molecule has 30 valence electrons. The molecule has 0 radical (unpaired) electrons. The van der Waals surface area contributed by atoms with Crippen LogP contribution in [-0.2, 0) is 4.18 Å². The third-order valence-corrected chi connectivity index (χ3v) is 0.827. The van der Waals surface area contributed by atoms with Gasteiger partial charge in [-0.15, -0.1) is 0 Å². The van der Waals surface area contributed by atoms with E-state index in [2.05, 4.69) is 4.18 Å². The molecule has 0 aliphatic carbocycles. The van der Waals surface area contributed by atoms with Crippen LogP contribution in [0.2, 0.25) is 0 Å². The van der Waals surface area contributed by atoms with E-state index in [1.54, 1.807) is 0 Å². The Hall–Kier alpha value is 0.230. The Morgan fingerprint density at radius 2 is 1.80 bits per heavy atom. The van der Waals surface area contributed by atoms with Gasteiger partial charge in [0.1, 0.15) is 0 Å². The van der Waals surface area contributed by atoms with Gasteiger partial charge in [0.2, 0.25) is 0 Å². The lowest BCUT2D eigenvalue weighted by atomic mass is 11.1. The highest BCUT2D eigenvalue weighted by atomic mass is 32.2. The summed E-state index contributed by atoms with van der Waals surface area (Å²) in [5, 5.41) is -0.833. The molecule has 0 aromatic rings. The summed E-state index contributed by atoms with van der Waals surface area (Å²) in [6.45, 7) is 0. The molecule has 1 rings (SSSR count). The maximum Gasteiger partial charge on any atom is 0.258 e. The van der Waals surface area contributed by atoms with Gasteiger partial charge in [-0.1, -0.05) is 0 Å². The summed E-state index contributed by atoms with van der Waals surface area (Å²) in [5.41, 5.74) is 9.97. The van der Waals surface area contributed by atoms with E-state index in [0.717, 1.165) is 12.0 Å². The van der Waals surface area contributed by atoms with Crippen molar-refractivity contribution in [3.05, 3.63) is 0 Å². The highest BCUT2D eigenvalue weighted by molar-refractivity contribution is 8.01. The highest BCUT2D eigenvalue weighted by Gasteiger charge is 2.38. The van der Waals surface area contributed by atoms with E-state index in [-0.39, 0.29) is 0 Å². The summed E-state index contributed by atoms with van der Waals surface area (Å²) in [5.74, 6) is 0. The summed E-state index contributed by atoms with van der Waals surface area (Å²) in [4.78, 5) is 0. The molecule has 1 heterocycles. The van der Waals surface area contributed by atoms with Crippen LogP contribution in [0.15, 0.2) is 0 Å². The SMILES string of the molecule is NC1(N)OS1. The van der Waals surface area contributed by atoms with E-state index in [9.17, 15) is 0 Å². The predicted molar refractivity (Wildman–Crippen MR) is 19.8 cm³/mol. The Morgan fingerprint density at radius 3 is 1.80 bits per heavy atom. The first-order valence-corrected chi connectivity index (χ1v) is 1.89. The maximum atomic E-state index is 4.98. The third-order valence-electron chi connectivity index (χ3n) is 0.276. The molecule has 1 aliphatic rings. The molecule has 4 heteroatoms. The summed E-state index contributed by atoms with van der Waals surface area (Å²) >= 11 is 1.08. The maximum absolute atomic E-state index is 4.98. The van der Waals surface area contributed by atoms with Crippen molar-refractivity contribution in [1.82, 2.24) is 0 Å². The average molecular weight is 92.1 g/mol. The molecule has 3 nitrogen and oxygen atoms in total. The van der Waals surface area contributed by atoms with Crippen molar-refractivity contribution >= 4 is 12.0 Å². The zero-order valence-corrected chi connectivity index (χ0v) is 3.29. The smallest absolute Gasteiger partial charge is 0.258 e. The summed E-state index contributed by atoms with van der Waals surface area (Å²) in [6.07, 6.45) is 0. The van der Waals surface area contributed by atoms with Crippen molar-refractivity contribution in [2.24, 2.45) is 11.5 Å². The Balaban J connectivity index is 2.38. The molecular formula is CH4N2OS. The minimum Gasteiger partial charge on any atom is -0.279 e. The fraction of sp³-hybridized carbons (Fsp3) is 1.00. The van der Waals surface area contributed by atoms with Gasteiger partial charge in [-0.3, -0.25) is 15.7 Å². The van der Waals surface area contributed by atoms with Gasteiger partial charge in [0.15, 0.2) is 0 Å². The van der Waals surface area contributed by atoms with Crippen LogP contribution in [0.3, 0.4) is 0 Å². The first kappa shape index (κ1) is 3.42. The number of hydrogen-bond acceptors (Lipinski definition) is 4. The minimum atomic E-state index is -0.833. The van der Waals surface area contributed by atoms with Crippen molar-refractivity contribution < 1.29 is 4.18 Å². The molecule has 1 saturated heterocycles. The molecule has 1 aliphatic heterocycles. The van der Waals surface area contributed by atoms with Crippen LogP contribution in [0.1, 0.15) is 0 Å². The van der Waals surface area contributed by atoms with Crippen LogP contribution < -0.4 is 11.5 Å². The van der Waals surface area contributed by atoms with E-state index in [0.29, 0.717) is 0 Å². The molecule has 0 bridgehead atoms. The topological polar surface area (TPSA) is 64.6 Å². The van der Waals surface area contributed by atoms with Crippen LogP contribution in [0, 0.1) is 0 Å². The molecule has 0 spiro atoms. The zero-order valence-electron chi connectivity index (χ0n) is 2.47. The molecule has 1 fully saturated rings. The quantitative estimate of drug-likeness (QED) is 0.233. The second-order valence-electron chi connectivity index (χ2n) is 0.888. The Bertz CT molecular complexity index is 47.6. The molecule has 0 unspecified atom stereocenters.